The van der Waals surface area contributed by atoms with E-state index >= 15 is 0 Å². The zero-order chi connectivity index (χ0) is 13.3. The van der Waals surface area contributed by atoms with Gasteiger partial charge in [0.2, 0.25) is 0 Å². The van der Waals surface area contributed by atoms with Gasteiger partial charge in [0.15, 0.2) is 0 Å². The van der Waals surface area contributed by atoms with Crippen LogP contribution in [0.5, 0.6) is 5.75 Å². The first-order valence-corrected chi connectivity index (χ1v) is 6.29. The molecule has 3 atom stereocenters. The predicted octanol–water partition coefficient (Wildman–Crippen LogP) is 2.70. The molecule has 1 fully saturated rings. The van der Waals surface area contributed by atoms with Gasteiger partial charge in [0.05, 0.1) is 0 Å². The highest BCUT2D eigenvalue weighted by Gasteiger charge is 2.31. The molecule has 0 aliphatic heterocycles. The summed E-state index contributed by atoms with van der Waals surface area (Å²) in [6, 6.07) is 3.93. The number of halogens is 1. The molecule has 2 rings (SSSR count). The van der Waals surface area contributed by atoms with Crippen LogP contribution >= 0.6 is 0 Å². The Morgan fingerprint density at radius 2 is 2.11 bits per heavy atom. The van der Waals surface area contributed by atoms with Gasteiger partial charge >= 0.3 is 0 Å². The van der Waals surface area contributed by atoms with Crippen LogP contribution in [0, 0.1) is 17.7 Å². The van der Waals surface area contributed by atoms with Gasteiger partial charge < -0.3 is 10.4 Å². The molecule has 0 aromatic heterocycles. The first-order chi connectivity index (χ1) is 8.50. The highest BCUT2D eigenvalue weighted by atomic mass is 19.1. The van der Waals surface area contributed by atoms with Gasteiger partial charge in [0.1, 0.15) is 17.1 Å². The predicted molar refractivity (Wildman–Crippen MR) is 66.9 cm³/mol. The molecule has 3 unspecified atom stereocenters. The van der Waals surface area contributed by atoms with Gasteiger partial charge in [0.25, 0.3) is 5.91 Å². The minimum absolute atomic E-state index is 0.0616. The van der Waals surface area contributed by atoms with Crippen molar-refractivity contribution >= 4 is 5.91 Å². The molecule has 0 bridgehead atoms. The van der Waals surface area contributed by atoms with E-state index in [-0.39, 0.29) is 17.4 Å². The van der Waals surface area contributed by atoms with E-state index < -0.39 is 11.7 Å². The summed E-state index contributed by atoms with van der Waals surface area (Å²) in [5.74, 6) is -0.596. The Labute approximate surface area is 106 Å². The Hall–Kier alpha value is -1.58. The van der Waals surface area contributed by atoms with Gasteiger partial charge in [-0.05, 0) is 36.8 Å². The molecule has 4 heteroatoms. The van der Waals surface area contributed by atoms with E-state index in [4.69, 9.17) is 0 Å². The fraction of sp³-hybridized carbons (Fsp3) is 0.500. The first-order valence-electron chi connectivity index (χ1n) is 6.29. The number of amides is 1. The van der Waals surface area contributed by atoms with Crippen LogP contribution in [-0.2, 0) is 0 Å². The van der Waals surface area contributed by atoms with Crippen molar-refractivity contribution in [2.24, 2.45) is 11.8 Å². The van der Waals surface area contributed by atoms with Crippen molar-refractivity contribution in [3.63, 3.8) is 0 Å². The molecule has 1 aromatic carbocycles. The number of nitrogens with one attached hydrogen (secondary N) is 1. The number of carbonyl (C=O) groups excluding carboxylic acids is 1. The van der Waals surface area contributed by atoms with Crippen molar-refractivity contribution in [2.45, 2.75) is 32.7 Å². The van der Waals surface area contributed by atoms with Crippen LogP contribution in [0.1, 0.15) is 37.0 Å². The molecule has 0 radical (unpaired) electrons. The van der Waals surface area contributed by atoms with Crippen LogP contribution in [0.4, 0.5) is 4.39 Å². The van der Waals surface area contributed by atoms with Crippen LogP contribution in [0.25, 0.3) is 0 Å². The number of phenolic OH excluding ortho intramolecular Hbond substituents is 1. The van der Waals surface area contributed by atoms with Crippen molar-refractivity contribution in [2.75, 3.05) is 0 Å². The third kappa shape index (κ3) is 2.33. The number of aromatic hydroxyl groups is 1. The van der Waals surface area contributed by atoms with Crippen molar-refractivity contribution < 1.29 is 14.3 Å². The monoisotopic (exact) mass is 251 g/mol. The second kappa shape index (κ2) is 4.96. The van der Waals surface area contributed by atoms with E-state index in [1.54, 1.807) is 0 Å². The molecule has 18 heavy (non-hydrogen) atoms. The summed E-state index contributed by atoms with van der Waals surface area (Å²) in [5.41, 5.74) is -0.260. The Kier molecular flexibility index (Phi) is 3.55. The molecule has 1 amide bonds. The molecule has 0 spiro atoms. The number of carbonyl (C=O) groups is 1. The fourth-order valence-electron chi connectivity index (χ4n) is 2.55. The third-order valence-corrected chi connectivity index (χ3v) is 4.00. The quantitative estimate of drug-likeness (QED) is 0.849. The Morgan fingerprint density at radius 1 is 1.39 bits per heavy atom. The zero-order valence-corrected chi connectivity index (χ0v) is 10.6. The van der Waals surface area contributed by atoms with E-state index in [0.717, 1.165) is 12.8 Å². The van der Waals surface area contributed by atoms with E-state index in [1.165, 1.54) is 18.2 Å². The molecule has 1 aromatic rings. The summed E-state index contributed by atoms with van der Waals surface area (Å²) in [4.78, 5) is 12.0. The van der Waals surface area contributed by atoms with E-state index in [2.05, 4.69) is 19.2 Å². The highest BCUT2D eigenvalue weighted by Crippen LogP contribution is 2.31. The zero-order valence-electron chi connectivity index (χ0n) is 10.6. The third-order valence-electron chi connectivity index (χ3n) is 4.00. The number of rotatable bonds is 2. The van der Waals surface area contributed by atoms with Crippen molar-refractivity contribution in [1.82, 2.24) is 5.32 Å². The highest BCUT2D eigenvalue weighted by molar-refractivity contribution is 5.97. The van der Waals surface area contributed by atoms with Gasteiger partial charge in [-0.15, -0.1) is 0 Å². The maximum atomic E-state index is 13.5. The van der Waals surface area contributed by atoms with Crippen LogP contribution in [-0.4, -0.2) is 17.1 Å². The topological polar surface area (TPSA) is 49.3 Å². The molecule has 1 aliphatic rings. The van der Waals surface area contributed by atoms with Gasteiger partial charge in [-0.3, -0.25) is 4.79 Å². The number of hydrogen-bond acceptors (Lipinski definition) is 2. The summed E-state index contributed by atoms with van der Waals surface area (Å²) in [6.07, 6.45) is 1.97. The normalized spacial score (nSPS) is 27.2. The summed E-state index contributed by atoms with van der Waals surface area (Å²) in [7, 11) is 0. The lowest BCUT2D eigenvalue weighted by Crippen LogP contribution is -2.37. The van der Waals surface area contributed by atoms with Crippen LogP contribution < -0.4 is 5.32 Å². The lowest BCUT2D eigenvalue weighted by Gasteiger charge is -2.20. The Balaban J connectivity index is 2.13. The SMILES string of the molecule is CC1CCC(NC(=O)c2c(O)cccc2F)C1C. The number of benzene rings is 1. The molecular weight excluding hydrogens is 233 g/mol. The van der Waals surface area contributed by atoms with Crippen molar-refractivity contribution in [3.05, 3.63) is 29.6 Å². The molecule has 3 nitrogen and oxygen atoms in total. The van der Waals surface area contributed by atoms with E-state index in [9.17, 15) is 14.3 Å². The standard InChI is InChI=1S/C14H18FNO2/c1-8-6-7-11(9(8)2)16-14(18)13-10(15)4-3-5-12(13)17/h3-5,8-9,11,17H,6-7H2,1-2H3,(H,16,18). The maximum Gasteiger partial charge on any atom is 0.258 e. The average Bonchev–Trinajstić information content (AvgIpc) is 2.61. The largest absolute Gasteiger partial charge is 0.507 e. The molecule has 0 heterocycles. The number of hydrogen-bond donors (Lipinski definition) is 2. The molecule has 1 aliphatic carbocycles. The van der Waals surface area contributed by atoms with Crippen molar-refractivity contribution in [3.8, 4) is 5.75 Å². The number of phenols is 1. The Morgan fingerprint density at radius 3 is 2.67 bits per heavy atom. The lowest BCUT2D eigenvalue weighted by molar-refractivity contribution is 0.0920. The molecule has 2 N–H and O–H groups in total. The molecule has 98 valence electrons. The minimum Gasteiger partial charge on any atom is -0.507 e. The Bertz CT molecular complexity index is 441. The van der Waals surface area contributed by atoms with Gasteiger partial charge in [-0.2, -0.15) is 0 Å². The van der Waals surface area contributed by atoms with E-state index in [1.807, 2.05) is 0 Å². The average molecular weight is 251 g/mol. The second-order valence-electron chi connectivity index (χ2n) is 5.13. The van der Waals surface area contributed by atoms with Crippen LogP contribution in [0.3, 0.4) is 0 Å². The summed E-state index contributed by atoms with van der Waals surface area (Å²) in [5, 5.41) is 12.4. The van der Waals surface area contributed by atoms with Gasteiger partial charge in [-0.25, -0.2) is 4.39 Å². The van der Waals surface area contributed by atoms with Gasteiger partial charge in [-0.1, -0.05) is 19.9 Å². The fourth-order valence-corrected chi connectivity index (χ4v) is 2.55. The maximum absolute atomic E-state index is 13.5. The van der Waals surface area contributed by atoms with Crippen LogP contribution in [0.2, 0.25) is 0 Å². The molecule has 0 saturated heterocycles. The summed E-state index contributed by atoms with van der Waals surface area (Å²) in [6.45, 7) is 4.24. The summed E-state index contributed by atoms with van der Waals surface area (Å²) >= 11 is 0. The molecular formula is C14H18FNO2. The minimum atomic E-state index is -0.689. The second-order valence-corrected chi connectivity index (χ2v) is 5.13. The summed E-state index contributed by atoms with van der Waals surface area (Å²) < 4.78 is 13.5. The van der Waals surface area contributed by atoms with Crippen LogP contribution in [0.15, 0.2) is 18.2 Å². The molecule has 1 saturated carbocycles. The van der Waals surface area contributed by atoms with E-state index in [0.29, 0.717) is 11.8 Å². The smallest absolute Gasteiger partial charge is 0.258 e. The first kappa shape index (κ1) is 12.9. The lowest BCUT2D eigenvalue weighted by atomic mass is 9.97. The van der Waals surface area contributed by atoms with Crippen molar-refractivity contribution in [1.29, 1.82) is 0 Å². The van der Waals surface area contributed by atoms with Gasteiger partial charge in [0, 0.05) is 6.04 Å².